The zero-order chi connectivity index (χ0) is 14.0. The number of aromatic nitrogens is 1. The van der Waals surface area contributed by atoms with Gasteiger partial charge in [-0.15, -0.1) is 0 Å². The number of H-pyrrole nitrogens is 1. The first-order valence-electron chi connectivity index (χ1n) is 5.98. The molecular weight excluding hydrogens is 252 g/mol. The second kappa shape index (κ2) is 5.41. The number of aromatic amines is 1. The Morgan fingerprint density at radius 1 is 1.53 bits per heavy atom. The first-order valence-corrected chi connectivity index (χ1v) is 5.98. The summed E-state index contributed by atoms with van der Waals surface area (Å²) in [5.74, 6) is -0.717. The number of morpholine rings is 1. The van der Waals surface area contributed by atoms with E-state index in [1.165, 1.54) is 11.0 Å². The summed E-state index contributed by atoms with van der Waals surface area (Å²) in [4.78, 5) is 27.1. The number of nitrogens with zero attached hydrogens (tertiary/aromatic N) is 1. The highest BCUT2D eigenvalue weighted by Gasteiger charge is 2.28. The lowest BCUT2D eigenvalue weighted by atomic mass is 10.1. The Hall–Kier alpha value is -1.86. The maximum absolute atomic E-state index is 12.2. The normalized spacial score (nSPS) is 23.4. The van der Waals surface area contributed by atoms with E-state index in [9.17, 15) is 14.7 Å². The third-order valence-corrected chi connectivity index (χ3v) is 2.89. The summed E-state index contributed by atoms with van der Waals surface area (Å²) >= 11 is 0. The third-order valence-electron chi connectivity index (χ3n) is 2.89. The van der Waals surface area contributed by atoms with Crippen molar-refractivity contribution in [1.82, 2.24) is 9.88 Å². The number of aromatic hydroxyl groups is 1. The monoisotopic (exact) mass is 268 g/mol. The van der Waals surface area contributed by atoms with E-state index in [1.54, 1.807) is 6.92 Å². The lowest BCUT2D eigenvalue weighted by Crippen LogP contribution is -2.50. The van der Waals surface area contributed by atoms with Gasteiger partial charge < -0.3 is 19.8 Å². The van der Waals surface area contributed by atoms with Crippen LogP contribution in [0.5, 0.6) is 5.88 Å². The van der Waals surface area contributed by atoms with Gasteiger partial charge in [-0.1, -0.05) is 0 Å². The van der Waals surface area contributed by atoms with Crippen molar-refractivity contribution in [2.24, 2.45) is 0 Å². The van der Waals surface area contributed by atoms with E-state index in [1.807, 2.05) is 0 Å². The Morgan fingerprint density at radius 3 is 2.89 bits per heavy atom. The number of aliphatic hydroxyl groups excluding tert-OH is 1. The molecule has 1 saturated heterocycles. The maximum atomic E-state index is 12.2. The number of rotatable bonds is 2. The van der Waals surface area contributed by atoms with Crippen molar-refractivity contribution >= 4 is 5.91 Å². The van der Waals surface area contributed by atoms with Gasteiger partial charge in [-0.3, -0.25) is 14.6 Å². The number of nitrogens with one attached hydrogen (secondary N) is 1. The van der Waals surface area contributed by atoms with Crippen LogP contribution in [0, 0.1) is 0 Å². The zero-order valence-corrected chi connectivity index (χ0v) is 10.5. The van der Waals surface area contributed by atoms with Gasteiger partial charge >= 0.3 is 0 Å². The number of pyridine rings is 1. The Morgan fingerprint density at radius 2 is 2.26 bits per heavy atom. The standard InChI is InChI=1S/C12H16N2O5/c1-7-4-14(5-9(6-15)19-7)12(18)8-2-10(16)13-11(17)3-8/h2-3,7,9,15H,4-6H2,1H3,(H2,13,16,17). The summed E-state index contributed by atoms with van der Waals surface area (Å²) in [7, 11) is 0. The number of hydrogen-bond acceptors (Lipinski definition) is 5. The number of carbonyl (C=O) groups excluding carboxylic acids is 1. The molecule has 104 valence electrons. The van der Waals surface area contributed by atoms with Crippen molar-refractivity contribution < 1.29 is 19.7 Å². The molecule has 0 radical (unpaired) electrons. The lowest BCUT2D eigenvalue weighted by Gasteiger charge is -2.36. The first kappa shape index (κ1) is 13.6. The van der Waals surface area contributed by atoms with Crippen LogP contribution < -0.4 is 5.56 Å². The van der Waals surface area contributed by atoms with Crippen LogP contribution in [-0.2, 0) is 4.74 Å². The van der Waals surface area contributed by atoms with Crippen LogP contribution in [-0.4, -0.2) is 57.9 Å². The van der Waals surface area contributed by atoms with Crippen LogP contribution in [0.3, 0.4) is 0 Å². The summed E-state index contributed by atoms with van der Waals surface area (Å²) in [5.41, 5.74) is -0.421. The van der Waals surface area contributed by atoms with Crippen molar-refractivity contribution in [1.29, 1.82) is 0 Å². The quantitative estimate of drug-likeness (QED) is 0.658. The van der Waals surface area contributed by atoms with Crippen LogP contribution in [0.15, 0.2) is 16.9 Å². The average molecular weight is 268 g/mol. The fourth-order valence-corrected chi connectivity index (χ4v) is 2.15. The SMILES string of the molecule is CC1CN(C(=O)c2cc(O)[nH]c(=O)c2)CC(CO)O1. The predicted molar refractivity (Wildman–Crippen MR) is 66.1 cm³/mol. The Balaban J connectivity index is 2.20. The number of aliphatic hydroxyl groups is 1. The van der Waals surface area contributed by atoms with E-state index in [2.05, 4.69) is 4.98 Å². The molecule has 1 aliphatic rings. The molecule has 1 fully saturated rings. The molecule has 2 atom stereocenters. The molecule has 2 rings (SSSR count). The van der Waals surface area contributed by atoms with Gasteiger partial charge in [-0.05, 0) is 6.92 Å². The molecule has 0 saturated carbocycles. The Bertz CT molecular complexity index is 527. The second-order valence-electron chi connectivity index (χ2n) is 4.58. The summed E-state index contributed by atoms with van der Waals surface area (Å²) in [5, 5.41) is 18.4. The number of carbonyl (C=O) groups is 1. The van der Waals surface area contributed by atoms with Crippen LogP contribution in [0.25, 0.3) is 0 Å². The van der Waals surface area contributed by atoms with E-state index in [-0.39, 0.29) is 36.6 Å². The number of amides is 1. The highest BCUT2D eigenvalue weighted by molar-refractivity contribution is 5.94. The molecule has 1 aromatic rings. The van der Waals surface area contributed by atoms with Gasteiger partial charge in [0.05, 0.1) is 24.4 Å². The van der Waals surface area contributed by atoms with E-state index >= 15 is 0 Å². The molecular formula is C12H16N2O5. The minimum Gasteiger partial charge on any atom is -0.494 e. The van der Waals surface area contributed by atoms with Gasteiger partial charge in [0.1, 0.15) is 0 Å². The Labute approximate surface area is 109 Å². The van der Waals surface area contributed by atoms with E-state index in [4.69, 9.17) is 9.84 Å². The van der Waals surface area contributed by atoms with Crippen LogP contribution >= 0.6 is 0 Å². The van der Waals surface area contributed by atoms with Gasteiger partial charge in [-0.2, -0.15) is 0 Å². The summed E-state index contributed by atoms with van der Waals surface area (Å²) in [6, 6.07) is 2.34. The Kier molecular flexibility index (Phi) is 3.87. The molecule has 0 aliphatic carbocycles. The molecule has 2 unspecified atom stereocenters. The van der Waals surface area contributed by atoms with Crippen molar-refractivity contribution in [3.05, 3.63) is 28.0 Å². The van der Waals surface area contributed by atoms with Crippen LogP contribution in [0.4, 0.5) is 0 Å². The summed E-state index contributed by atoms with van der Waals surface area (Å²) in [6.45, 7) is 2.27. The smallest absolute Gasteiger partial charge is 0.254 e. The van der Waals surface area contributed by atoms with Crippen LogP contribution in [0.2, 0.25) is 0 Å². The largest absolute Gasteiger partial charge is 0.494 e. The summed E-state index contributed by atoms with van der Waals surface area (Å²) < 4.78 is 5.44. The van der Waals surface area contributed by atoms with Gasteiger partial charge in [0.15, 0.2) is 5.88 Å². The van der Waals surface area contributed by atoms with Gasteiger partial charge in [0.25, 0.3) is 11.5 Å². The zero-order valence-electron chi connectivity index (χ0n) is 10.5. The topological polar surface area (TPSA) is 103 Å². The molecule has 19 heavy (non-hydrogen) atoms. The van der Waals surface area contributed by atoms with Crippen molar-refractivity contribution in [2.75, 3.05) is 19.7 Å². The number of ether oxygens (including phenoxy) is 1. The van der Waals surface area contributed by atoms with Gasteiger partial charge in [-0.25, -0.2) is 0 Å². The molecule has 0 spiro atoms. The molecule has 1 aliphatic heterocycles. The molecule has 3 N–H and O–H groups in total. The molecule has 7 heteroatoms. The predicted octanol–water partition coefficient (Wildman–Crippen LogP) is -0.698. The molecule has 7 nitrogen and oxygen atoms in total. The van der Waals surface area contributed by atoms with Crippen molar-refractivity contribution in [2.45, 2.75) is 19.1 Å². The highest BCUT2D eigenvalue weighted by Crippen LogP contribution is 2.15. The fourth-order valence-electron chi connectivity index (χ4n) is 2.15. The maximum Gasteiger partial charge on any atom is 0.254 e. The molecule has 1 aromatic heterocycles. The minimum atomic E-state index is -0.539. The van der Waals surface area contributed by atoms with Gasteiger partial charge in [0.2, 0.25) is 0 Å². The van der Waals surface area contributed by atoms with E-state index < -0.39 is 11.7 Å². The van der Waals surface area contributed by atoms with E-state index in [0.717, 1.165) is 6.07 Å². The lowest BCUT2D eigenvalue weighted by molar-refractivity contribution is -0.0858. The minimum absolute atomic E-state index is 0.118. The van der Waals surface area contributed by atoms with Gasteiger partial charge in [0, 0.05) is 25.2 Å². The molecule has 1 amide bonds. The number of hydrogen-bond donors (Lipinski definition) is 3. The third kappa shape index (κ3) is 3.12. The first-order chi connectivity index (χ1) is 8.99. The summed E-state index contributed by atoms with van der Waals surface area (Å²) in [6.07, 6.45) is -0.617. The fraction of sp³-hybridized carbons (Fsp3) is 0.500. The average Bonchev–Trinajstić information content (AvgIpc) is 2.35. The highest BCUT2D eigenvalue weighted by atomic mass is 16.5. The molecule has 0 aromatic carbocycles. The van der Waals surface area contributed by atoms with E-state index in [0.29, 0.717) is 6.54 Å². The molecule has 0 bridgehead atoms. The van der Waals surface area contributed by atoms with Crippen molar-refractivity contribution in [3.8, 4) is 5.88 Å². The van der Waals surface area contributed by atoms with Crippen LogP contribution in [0.1, 0.15) is 17.3 Å². The van der Waals surface area contributed by atoms with Crippen molar-refractivity contribution in [3.63, 3.8) is 0 Å². The molecule has 2 heterocycles. The second-order valence-corrected chi connectivity index (χ2v) is 4.58.